The van der Waals surface area contributed by atoms with Crippen LogP contribution in [0.2, 0.25) is 0 Å². The molecular formula is C28H27NO6S. The highest BCUT2D eigenvalue weighted by atomic mass is 32.2. The first kappa shape index (κ1) is 25.2. The predicted molar refractivity (Wildman–Crippen MR) is 138 cm³/mol. The number of amides is 1. The van der Waals surface area contributed by atoms with Gasteiger partial charge in [0.1, 0.15) is 16.9 Å². The van der Waals surface area contributed by atoms with Gasteiger partial charge in [-0.15, -0.1) is 0 Å². The molecule has 0 fully saturated rings. The summed E-state index contributed by atoms with van der Waals surface area (Å²) in [6, 6.07) is 16.1. The van der Waals surface area contributed by atoms with Gasteiger partial charge in [-0.1, -0.05) is 24.3 Å². The predicted octanol–water partition coefficient (Wildman–Crippen LogP) is 5.88. The van der Waals surface area contributed by atoms with Crippen molar-refractivity contribution in [1.82, 2.24) is 0 Å². The smallest absolute Gasteiger partial charge is 0.342 e. The molecule has 0 N–H and O–H groups in total. The monoisotopic (exact) mass is 505 g/mol. The number of furan rings is 1. The lowest BCUT2D eigenvalue weighted by Gasteiger charge is -2.24. The number of nitrogens with zero attached hydrogens (tertiary/aromatic N) is 1. The third-order valence-electron chi connectivity index (χ3n) is 6.08. The van der Waals surface area contributed by atoms with Crippen molar-refractivity contribution in [2.45, 2.75) is 39.5 Å². The molecule has 0 unspecified atom stereocenters. The average molecular weight is 506 g/mol. The number of benzene rings is 3. The SMILES string of the molecule is CCOC(=O)c1c(C)oc2ccc(N(C(=O)c3ccccc3)S(=O)(=O)c3cc(C)c(C)cc3C)cc12. The molecule has 0 atom stereocenters. The van der Waals surface area contributed by atoms with Crippen LogP contribution in [0.15, 0.2) is 70.0 Å². The maximum atomic E-state index is 14.1. The highest BCUT2D eigenvalue weighted by Crippen LogP contribution is 2.34. The number of aryl methyl sites for hydroxylation is 4. The average Bonchev–Trinajstić information content (AvgIpc) is 3.17. The van der Waals surface area contributed by atoms with Gasteiger partial charge in [-0.25, -0.2) is 13.2 Å². The van der Waals surface area contributed by atoms with E-state index in [2.05, 4.69) is 0 Å². The van der Waals surface area contributed by atoms with Gasteiger partial charge in [0.15, 0.2) is 0 Å². The molecule has 4 aromatic rings. The Labute approximate surface area is 210 Å². The Morgan fingerprint density at radius 3 is 2.22 bits per heavy atom. The van der Waals surface area contributed by atoms with Gasteiger partial charge >= 0.3 is 5.97 Å². The van der Waals surface area contributed by atoms with Gasteiger partial charge in [-0.05, 0) is 87.7 Å². The van der Waals surface area contributed by atoms with Crippen LogP contribution in [-0.4, -0.2) is 26.9 Å². The van der Waals surface area contributed by atoms with Crippen molar-refractivity contribution in [2.24, 2.45) is 0 Å². The number of fused-ring (bicyclic) bond motifs is 1. The van der Waals surface area contributed by atoms with Crippen LogP contribution in [0.5, 0.6) is 0 Å². The van der Waals surface area contributed by atoms with E-state index < -0.39 is 21.9 Å². The zero-order chi connectivity index (χ0) is 26.2. The zero-order valence-electron chi connectivity index (χ0n) is 20.8. The third-order valence-corrected chi connectivity index (χ3v) is 7.93. The van der Waals surface area contributed by atoms with Crippen molar-refractivity contribution < 1.29 is 27.2 Å². The van der Waals surface area contributed by atoms with E-state index in [-0.39, 0.29) is 28.3 Å². The fourth-order valence-corrected chi connectivity index (χ4v) is 5.87. The number of sulfonamides is 1. The minimum atomic E-state index is -4.34. The minimum Gasteiger partial charge on any atom is -0.462 e. The van der Waals surface area contributed by atoms with Crippen molar-refractivity contribution in [3.8, 4) is 0 Å². The van der Waals surface area contributed by atoms with Gasteiger partial charge in [0.05, 0.1) is 17.2 Å². The maximum Gasteiger partial charge on any atom is 0.342 e. The van der Waals surface area contributed by atoms with Crippen LogP contribution >= 0.6 is 0 Å². The molecule has 8 heteroatoms. The molecule has 0 radical (unpaired) electrons. The topological polar surface area (TPSA) is 93.9 Å². The summed E-state index contributed by atoms with van der Waals surface area (Å²) in [7, 11) is -4.34. The molecule has 7 nitrogen and oxygen atoms in total. The first-order valence-corrected chi connectivity index (χ1v) is 12.9. The van der Waals surface area contributed by atoms with E-state index in [1.54, 1.807) is 69.3 Å². The Morgan fingerprint density at radius 2 is 1.56 bits per heavy atom. The van der Waals surface area contributed by atoms with Crippen LogP contribution < -0.4 is 4.31 Å². The minimum absolute atomic E-state index is 0.0315. The third kappa shape index (κ3) is 4.40. The highest BCUT2D eigenvalue weighted by Gasteiger charge is 2.34. The summed E-state index contributed by atoms with van der Waals surface area (Å²) < 4.78 is 39.8. The summed E-state index contributed by atoms with van der Waals surface area (Å²) in [5.41, 5.74) is 3.12. The molecule has 0 aliphatic rings. The molecule has 36 heavy (non-hydrogen) atoms. The van der Waals surface area contributed by atoms with Gasteiger partial charge in [-0.3, -0.25) is 4.79 Å². The zero-order valence-corrected chi connectivity index (χ0v) is 21.6. The fourth-order valence-electron chi connectivity index (χ4n) is 4.16. The van der Waals surface area contributed by atoms with Crippen molar-refractivity contribution in [1.29, 1.82) is 0 Å². The second kappa shape index (κ2) is 9.62. The molecule has 4 rings (SSSR count). The van der Waals surface area contributed by atoms with E-state index in [4.69, 9.17) is 9.15 Å². The molecular weight excluding hydrogens is 478 g/mol. The molecule has 0 aliphatic carbocycles. The first-order valence-electron chi connectivity index (χ1n) is 11.5. The number of anilines is 1. The lowest BCUT2D eigenvalue weighted by Crippen LogP contribution is -2.37. The largest absolute Gasteiger partial charge is 0.462 e. The van der Waals surface area contributed by atoms with E-state index in [9.17, 15) is 18.0 Å². The summed E-state index contributed by atoms with van der Waals surface area (Å²) in [6.45, 7) is 8.92. The van der Waals surface area contributed by atoms with Crippen molar-refractivity contribution >= 4 is 38.6 Å². The molecule has 1 aromatic heterocycles. The number of esters is 1. The summed E-state index contributed by atoms with van der Waals surface area (Å²) >= 11 is 0. The van der Waals surface area contributed by atoms with Crippen molar-refractivity contribution in [3.63, 3.8) is 0 Å². The Kier molecular flexibility index (Phi) is 6.73. The molecule has 0 spiro atoms. The summed E-state index contributed by atoms with van der Waals surface area (Å²) in [5.74, 6) is -0.959. The molecule has 0 aliphatic heterocycles. The maximum absolute atomic E-state index is 14.1. The van der Waals surface area contributed by atoms with E-state index >= 15 is 0 Å². The Balaban J connectivity index is 1.98. The first-order chi connectivity index (χ1) is 17.1. The van der Waals surface area contributed by atoms with Gasteiger partial charge < -0.3 is 9.15 Å². The Morgan fingerprint density at radius 1 is 0.889 bits per heavy atom. The molecule has 0 saturated heterocycles. The second-order valence-electron chi connectivity index (χ2n) is 8.58. The molecule has 1 amide bonds. The second-order valence-corrected chi connectivity index (χ2v) is 10.3. The molecule has 0 bridgehead atoms. The summed E-state index contributed by atoms with van der Waals surface area (Å²) in [4.78, 5) is 26.4. The van der Waals surface area contributed by atoms with Crippen LogP contribution in [0.1, 0.15) is 50.1 Å². The highest BCUT2D eigenvalue weighted by molar-refractivity contribution is 7.93. The molecule has 186 valence electrons. The van der Waals surface area contributed by atoms with Crippen LogP contribution in [0.3, 0.4) is 0 Å². The fraction of sp³-hybridized carbons (Fsp3) is 0.214. The number of hydrogen-bond acceptors (Lipinski definition) is 6. The number of carbonyl (C=O) groups excluding carboxylic acids is 2. The summed E-state index contributed by atoms with van der Waals surface area (Å²) in [5, 5.41) is 0.362. The van der Waals surface area contributed by atoms with Crippen LogP contribution in [0, 0.1) is 27.7 Å². The number of rotatable bonds is 6. The molecule has 3 aromatic carbocycles. The lowest BCUT2D eigenvalue weighted by molar-refractivity contribution is 0.0526. The lowest BCUT2D eigenvalue weighted by atomic mass is 10.1. The van der Waals surface area contributed by atoms with Gasteiger partial charge in [-0.2, -0.15) is 4.31 Å². The number of ether oxygens (including phenoxy) is 1. The van der Waals surface area contributed by atoms with E-state index in [0.717, 1.165) is 15.4 Å². The number of carbonyl (C=O) groups is 2. The quantitative estimate of drug-likeness (QED) is 0.304. The van der Waals surface area contributed by atoms with Gasteiger partial charge in [0.2, 0.25) is 0 Å². The van der Waals surface area contributed by atoms with E-state index in [1.165, 1.54) is 12.1 Å². The molecule has 0 saturated carbocycles. The normalized spacial score (nSPS) is 11.5. The van der Waals surface area contributed by atoms with E-state index in [0.29, 0.717) is 22.3 Å². The summed E-state index contributed by atoms with van der Waals surface area (Å²) in [6.07, 6.45) is 0. The van der Waals surface area contributed by atoms with Gasteiger partial charge in [0, 0.05) is 10.9 Å². The Bertz CT molecular complexity index is 1590. The van der Waals surface area contributed by atoms with Crippen LogP contribution in [-0.2, 0) is 14.8 Å². The molecule has 1 heterocycles. The van der Waals surface area contributed by atoms with Crippen LogP contribution in [0.4, 0.5) is 5.69 Å². The van der Waals surface area contributed by atoms with Crippen molar-refractivity contribution in [3.05, 3.63) is 94.2 Å². The van der Waals surface area contributed by atoms with Crippen molar-refractivity contribution in [2.75, 3.05) is 10.9 Å². The van der Waals surface area contributed by atoms with Gasteiger partial charge in [0.25, 0.3) is 15.9 Å². The van der Waals surface area contributed by atoms with E-state index in [1.807, 2.05) is 13.8 Å². The number of hydrogen-bond donors (Lipinski definition) is 0. The Hall–Kier alpha value is -3.91. The standard InChI is InChI=1S/C28H27NO6S/c1-6-34-28(31)26-20(5)35-24-13-12-22(16-23(24)26)29(27(30)21-10-8-7-9-11-21)36(32,33)25-15-18(3)17(2)14-19(25)4/h7-16H,6H2,1-5H3. The van der Waals surface area contributed by atoms with Crippen LogP contribution in [0.25, 0.3) is 11.0 Å².